The Bertz CT molecular complexity index is 421. The van der Waals surface area contributed by atoms with Crippen molar-refractivity contribution in [2.75, 3.05) is 13.1 Å². The number of rotatable bonds is 2. The molecule has 4 heteroatoms. The van der Waals surface area contributed by atoms with Crippen molar-refractivity contribution in [3.63, 3.8) is 0 Å². The topological polar surface area (TPSA) is 12.0 Å². The average Bonchev–Trinajstić information content (AvgIpc) is 2.29. The molecule has 1 aliphatic rings. The van der Waals surface area contributed by atoms with Crippen LogP contribution in [0.25, 0.3) is 0 Å². The summed E-state index contributed by atoms with van der Waals surface area (Å²) in [4.78, 5) is 0. The molecular formula is C13H14F3N. The molecule has 0 radical (unpaired) electrons. The molecule has 1 aromatic carbocycles. The van der Waals surface area contributed by atoms with Crippen LogP contribution < -0.4 is 5.32 Å². The Hall–Kier alpha value is -1.29. The second-order valence-electron chi connectivity index (χ2n) is 4.19. The van der Waals surface area contributed by atoms with Crippen LogP contribution in [0, 0.1) is 0 Å². The number of hydrogen-bond acceptors (Lipinski definition) is 1. The van der Waals surface area contributed by atoms with Gasteiger partial charge in [-0.1, -0.05) is 29.8 Å². The molecule has 0 saturated carbocycles. The van der Waals surface area contributed by atoms with Gasteiger partial charge in [-0.05, 0) is 31.0 Å². The number of halogens is 3. The van der Waals surface area contributed by atoms with Crippen LogP contribution in [-0.4, -0.2) is 13.1 Å². The van der Waals surface area contributed by atoms with Crippen LogP contribution >= 0.6 is 0 Å². The molecule has 0 unspecified atom stereocenters. The molecule has 0 aliphatic carbocycles. The van der Waals surface area contributed by atoms with Crippen LogP contribution in [0.4, 0.5) is 13.2 Å². The van der Waals surface area contributed by atoms with Crippen LogP contribution in [0.5, 0.6) is 0 Å². The van der Waals surface area contributed by atoms with Crippen molar-refractivity contribution in [1.29, 1.82) is 0 Å². The summed E-state index contributed by atoms with van der Waals surface area (Å²) in [5.41, 5.74) is 1.38. The van der Waals surface area contributed by atoms with Crippen molar-refractivity contribution in [2.24, 2.45) is 0 Å². The van der Waals surface area contributed by atoms with Gasteiger partial charge in [0.15, 0.2) is 0 Å². The highest BCUT2D eigenvalue weighted by Crippen LogP contribution is 2.30. The molecule has 17 heavy (non-hydrogen) atoms. The monoisotopic (exact) mass is 241 g/mol. The minimum Gasteiger partial charge on any atom is -0.313 e. The summed E-state index contributed by atoms with van der Waals surface area (Å²) in [7, 11) is 0. The minimum atomic E-state index is -4.25. The Labute approximate surface area is 98.3 Å². The summed E-state index contributed by atoms with van der Waals surface area (Å²) in [5, 5.41) is 3.18. The van der Waals surface area contributed by atoms with Gasteiger partial charge in [-0.15, -0.1) is 0 Å². The Morgan fingerprint density at radius 1 is 1.24 bits per heavy atom. The van der Waals surface area contributed by atoms with E-state index < -0.39 is 11.7 Å². The average molecular weight is 241 g/mol. The minimum absolute atomic E-state index is 0.565. The standard InChI is InChI=1S/C13H14F3N/c14-13(15,16)12-3-1-2-11(9-12)8-10-4-6-17-7-5-10/h1-4,9,17H,5-8H2. The molecule has 2 rings (SSSR count). The van der Waals surface area contributed by atoms with E-state index in [2.05, 4.69) is 11.4 Å². The van der Waals surface area contributed by atoms with Gasteiger partial charge in [0.2, 0.25) is 0 Å². The molecule has 0 fully saturated rings. The first-order valence-corrected chi connectivity index (χ1v) is 5.60. The Morgan fingerprint density at radius 3 is 2.71 bits per heavy atom. The van der Waals surface area contributed by atoms with E-state index in [4.69, 9.17) is 0 Å². The molecule has 0 spiro atoms. The van der Waals surface area contributed by atoms with Crippen LogP contribution in [0.2, 0.25) is 0 Å². The van der Waals surface area contributed by atoms with Crippen LogP contribution in [0.1, 0.15) is 17.5 Å². The highest BCUT2D eigenvalue weighted by Gasteiger charge is 2.30. The summed E-state index contributed by atoms with van der Waals surface area (Å²) in [6, 6.07) is 5.57. The van der Waals surface area contributed by atoms with Gasteiger partial charge in [-0.25, -0.2) is 0 Å². The number of hydrogen-bond donors (Lipinski definition) is 1. The van der Waals surface area contributed by atoms with Crippen LogP contribution in [-0.2, 0) is 12.6 Å². The maximum absolute atomic E-state index is 12.5. The molecule has 1 nitrogen and oxygen atoms in total. The van der Waals surface area contributed by atoms with E-state index in [1.807, 2.05) is 0 Å². The number of alkyl halides is 3. The SMILES string of the molecule is FC(F)(F)c1cccc(CC2=CCNCC2)c1. The zero-order valence-corrected chi connectivity index (χ0v) is 9.35. The van der Waals surface area contributed by atoms with E-state index in [1.54, 1.807) is 6.07 Å². The van der Waals surface area contributed by atoms with Crippen molar-refractivity contribution < 1.29 is 13.2 Å². The smallest absolute Gasteiger partial charge is 0.313 e. The Morgan fingerprint density at radius 2 is 2.06 bits per heavy atom. The first-order valence-electron chi connectivity index (χ1n) is 5.60. The molecule has 1 heterocycles. The molecule has 0 atom stereocenters. The summed E-state index contributed by atoms with van der Waals surface area (Å²) in [6.45, 7) is 1.72. The summed E-state index contributed by atoms with van der Waals surface area (Å²) < 4.78 is 37.6. The van der Waals surface area contributed by atoms with Gasteiger partial charge in [0.1, 0.15) is 0 Å². The largest absolute Gasteiger partial charge is 0.416 e. The van der Waals surface area contributed by atoms with Gasteiger partial charge in [0.25, 0.3) is 0 Å². The van der Waals surface area contributed by atoms with Crippen molar-refractivity contribution >= 4 is 0 Å². The van der Waals surface area contributed by atoms with Crippen molar-refractivity contribution in [1.82, 2.24) is 5.32 Å². The normalized spacial score (nSPS) is 16.8. The second kappa shape index (κ2) is 4.92. The molecule has 0 amide bonds. The third kappa shape index (κ3) is 3.33. The van der Waals surface area contributed by atoms with E-state index >= 15 is 0 Å². The fraction of sp³-hybridized carbons (Fsp3) is 0.385. The van der Waals surface area contributed by atoms with Crippen molar-refractivity contribution in [3.05, 3.63) is 47.0 Å². The third-order valence-electron chi connectivity index (χ3n) is 2.84. The predicted octanol–water partition coefficient (Wildman–Crippen LogP) is 3.17. The number of benzene rings is 1. The molecule has 1 aromatic rings. The zero-order valence-electron chi connectivity index (χ0n) is 9.35. The van der Waals surface area contributed by atoms with E-state index in [0.29, 0.717) is 6.42 Å². The Kier molecular flexibility index (Phi) is 3.52. The number of nitrogens with one attached hydrogen (secondary N) is 1. The molecular weight excluding hydrogens is 227 g/mol. The quantitative estimate of drug-likeness (QED) is 0.784. The maximum Gasteiger partial charge on any atom is 0.416 e. The Balaban J connectivity index is 2.14. The lowest BCUT2D eigenvalue weighted by molar-refractivity contribution is -0.137. The molecule has 1 N–H and O–H groups in total. The van der Waals surface area contributed by atoms with Gasteiger partial charge in [-0.2, -0.15) is 13.2 Å². The molecule has 0 bridgehead atoms. The van der Waals surface area contributed by atoms with Gasteiger partial charge in [-0.3, -0.25) is 0 Å². The van der Waals surface area contributed by atoms with E-state index in [0.717, 1.165) is 31.1 Å². The summed E-state index contributed by atoms with van der Waals surface area (Å²) in [6.07, 6.45) is -0.663. The van der Waals surface area contributed by atoms with Gasteiger partial charge >= 0.3 is 6.18 Å². The second-order valence-corrected chi connectivity index (χ2v) is 4.19. The van der Waals surface area contributed by atoms with Gasteiger partial charge in [0.05, 0.1) is 5.56 Å². The van der Waals surface area contributed by atoms with E-state index in [-0.39, 0.29) is 0 Å². The molecule has 0 saturated heterocycles. The highest BCUT2D eigenvalue weighted by molar-refractivity contribution is 5.29. The predicted molar refractivity (Wildman–Crippen MR) is 60.7 cm³/mol. The van der Waals surface area contributed by atoms with Crippen molar-refractivity contribution in [3.8, 4) is 0 Å². The lowest BCUT2D eigenvalue weighted by Crippen LogP contribution is -2.21. The van der Waals surface area contributed by atoms with E-state index in [1.165, 1.54) is 17.7 Å². The first kappa shape index (κ1) is 12.2. The fourth-order valence-corrected chi connectivity index (χ4v) is 1.95. The van der Waals surface area contributed by atoms with Crippen molar-refractivity contribution in [2.45, 2.75) is 19.0 Å². The maximum atomic E-state index is 12.5. The fourth-order valence-electron chi connectivity index (χ4n) is 1.95. The first-order chi connectivity index (χ1) is 8.05. The highest BCUT2D eigenvalue weighted by atomic mass is 19.4. The van der Waals surface area contributed by atoms with Gasteiger partial charge < -0.3 is 5.32 Å². The summed E-state index contributed by atoms with van der Waals surface area (Å²) in [5.74, 6) is 0. The molecule has 0 aromatic heterocycles. The van der Waals surface area contributed by atoms with E-state index in [9.17, 15) is 13.2 Å². The summed E-state index contributed by atoms with van der Waals surface area (Å²) >= 11 is 0. The lowest BCUT2D eigenvalue weighted by atomic mass is 9.99. The van der Waals surface area contributed by atoms with Crippen LogP contribution in [0.3, 0.4) is 0 Å². The molecule has 92 valence electrons. The third-order valence-corrected chi connectivity index (χ3v) is 2.84. The lowest BCUT2D eigenvalue weighted by Gasteiger charge is -2.15. The zero-order chi connectivity index (χ0) is 12.3. The van der Waals surface area contributed by atoms with Crippen LogP contribution in [0.15, 0.2) is 35.9 Å². The molecule has 1 aliphatic heterocycles. The van der Waals surface area contributed by atoms with Gasteiger partial charge in [0, 0.05) is 6.54 Å².